The van der Waals surface area contributed by atoms with Crippen molar-refractivity contribution in [1.29, 1.82) is 5.26 Å². The molecule has 3 nitrogen and oxygen atoms in total. The standard InChI is InChI=1S/C12H17F3N2OS/c1-18-17-10-4-2-9(3-5-10)11(8-16)19-7-6-12(13,14)15/h9,11H,2-7H2,1H3. The van der Waals surface area contributed by atoms with Gasteiger partial charge in [-0.3, -0.25) is 0 Å². The van der Waals surface area contributed by atoms with Gasteiger partial charge in [-0.05, 0) is 31.6 Å². The molecule has 0 aliphatic heterocycles. The SMILES string of the molecule is CON=C1CCC(C(C#N)SCCC(F)(F)F)CC1. The lowest BCUT2D eigenvalue weighted by Gasteiger charge is -2.26. The van der Waals surface area contributed by atoms with Gasteiger partial charge in [0.1, 0.15) is 7.11 Å². The van der Waals surface area contributed by atoms with Crippen LogP contribution in [0.1, 0.15) is 32.1 Å². The molecule has 0 bridgehead atoms. The van der Waals surface area contributed by atoms with E-state index in [0.717, 1.165) is 43.2 Å². The van der Waals surface area contributed by atoms with E-state index >= 15 is 0 Å². The number of hydrogen-bond donors (Lipinski definition) is 0. The fourth-order valence-electron chi connectivity index (χ4n) is 2.08. The van der Waals surface area contributed by atoms with Crippen LogP contribution in [0.5, 0.6) is 0 Å². The second-order valence-electron chi connectivity index (χ2n) is 4.46. The van der Waals surface area contributed by atoms with E-state index in [0.29, 0.717) is 0 Å². The number of nitriles is 1. The Hall–Kier alpha value is -0.900. The highest BCUT2D eigenvalue weighted by Crippen LogP contribution is 2.33. The fraction of sp³-hybridized carbons (Fsp3) is 0.833. The summed E-state index contributed by atoms with van der Waals surface area (Å²) in [6.45, 7) is 0. The first-order valence-electron chi connectivity index (χ1n) is 6.13. The molecule has 0 amide bonds. The Labute approximate surface area is 115 Å². The molecule has 0 heterocycles. The Morgan fingerprint density at radius 1 is 1.47 bits per heavy atom. The zero-order chi connectivity index (χ0) is 14.3. The molecular weight excluding hydrogens is 277 g/mol. The summed E-state index contributed by atoms with van der Waals surface area (Å²) in [5.74, 6) is 0.107. The van der Waals surface area contributed by atoms with Gasteiger partial charge in [-0.15, -0.1) is 11.8 Å². The molecule has 0 saturated heterocycles. The van der Waals surface area contributed by atoms with Gasteiger partial charge in [0.15, 0.2) is 0 Å². The number of oxime groups is 1. The van der Waals surface area contributed by atoms with Crippen molar-refractivity contribution in [2.75, 3.05) is 12.9 Å². The van der Waals surface area contributed by atoms with Crippen LogP contribution in [0.2, 0.25) is 0 Å². The van der Waals surface area contributed by atoms with E-state index < -0.39 is 12.6 Å². The summed E-state index contributed by atoms with van der Waals surface area (Å²) in [5.41, 5.74) is 0.968. The molecule has 0 spiro atoms. The summed E-state index contributed by atoms with van der Waals surface area (Å²) in [7, 11) is 1.49. The summed E-state index contributed by atoms with van der Waals surface area (Å²) in [6.07, 6.45) is -1.87. The molecule has 1 unspecified atom stereocenters. The molecule has 1 rings (SSSR count). The third-order valence-electron chi connectivity index (χ3n) is 3.07. The zero-order valence-corrected chi connectivity index (χ0v) is 11.6. The number of nitrogens with zero attached hydrogens (tertiary/aromatic N) is 2. The molecule has 0 aromatic carbocycles. The van der Waals surface area contributed by atoms with Crippen LogP contribution in [-0.2, 0) is 4.84 Å². The summed E-state index contributed by atoms with van der Waals surface area (Å²) < 4.78 is 36.2. The molecule has 1 saturated carbocycles. The number of alkyl halides is 3. The minimum Gasteiger partial charge on any atom is -0.399 e. The smallest absolute Gasteiger partial charge is 0.389 e. The monoisotopic (exact) mass is 294 g/mol. The number of hydrogen-bond acceptors (Lipinski definition) is 4. The van der Waals surface area contributed by atoms with Crippen molar-refractivity contribution in [2.24, 2.45) is 11.1 Å². The Morgan fingerprint density at radius 3 is 2.58 bits per heavy atom. The Bertz CT molecular complexity index is 342. The molecule has 1 atom stereocenters. The highest BCUT2D eigenvalue weighted by molar-refractivity contribution is 8.00. The largest absolute Gasteiger partial charge is 0.399 e. The Balaban J connectivity index is 2.37. The third-order valence-corrected chi connectivity index (χ3v) is 4.36. The summed E-state index contributed by atoms with van der Waals surface area (Å²) in [4.78, 5) is 4.70. The maximum absolute atomic E-state index is 12.1. The van der Waals surface area contributed by atoms with Crippen molar-refractivity contribution in [3.8, 4) is 6.07 Å². The van der Waals surface area contributed by atoms with Crippen LogP contribution in [0, 0.1) is 17.2 Å². The predicted octanol–water partition coefficient (Wildman–Crippen LogP) is 3.76. The highest BCUT2D eigenvalue weighted by atomic mass is 32.2. The maximum atomic E-state index is 12.1. The van der Waals surface area contributed by atoms with Gasteiger partial charge < -0.3 is 4.84 Å². The molecule has 1 aliphatic carbocycles. The first kappa shape index (κ1) is 16.2. The van der Waals surface area contributed by atoms with Crippen molar-refractivity contribution < 1.29 is 18.0 Å². The van der Waals surface area contributed by atoms with Crippen LogP contribution in [0.25, 0.3) is 0 Å². The Kier molecular flexibility index (Phi) is 6.49. The van der Waals surface area contributed by atoms with Crippen LogP contribution in [0.4, 0.5) is 13.2 Å². The topological polar surface area (TPSA) is 45.4 Å². The molecule has 7 heteroatoms. The van der Waals surface area contributed by atoms with Gasteiger partial charge in [-0.2, -0.15) is 18.4 Å². The van der Waals surface area contributed by atoms with Crippen LogP contribution >= 0.6 is 11.8 Å². The van der Waals surface area contributed by atoms with Gasteiger partial charge in [0, 0.05) is 5.75 Å². The van der Waals surface area contributed by atoms with Gasteiger partial charge in [-0.25, -0.2) is 0 Å². The van der Waals surface area contributed by atoms with Crippen LogP contribution in [-0.4, -0.2) is 30.0 Å². The van der Waals surface area contributed by atoms with Crippen molar-refractivity contribution in [3.63, 3.8) is 0 Å². The van der Waals surface area contributed by atoms with Gasteiger partial charge >= 0.3 is 6.18 Å². The first-order valence-corrected chi connectivity index (χ1v) is 7.18. The normalized spacial score (nSPS) is 21.6. The molecule has 0 aromatic rings. The van der Waals surface area contributed by atoms with Crippen molar-refractivity contribution in [3.05, 3.63) is 0 Å². The third kappa shape index (κ3) is 6.19. The van der Waals surface area contributed by atoms with Gasteiger partial charge in [-0.1, -0.05) is 5.16 Å². The van der Waals surface area contributed by atoms with Crippen molar-refractivity contribution in [1.82, 2.24) is 0 Å². The van der Waals surface area contributed by atoms with E-state index in [1.54, 1.807) is 0 Å². The molecule has 19 heavy (non-hydrogen) atoms. The van der Waals surface area contributed by atoms with E-state index in [4.69, 9.17) is 10.1 Å². The predicted molar refractivity (Wildman–Crippen MR) is 68.9 cm³/mol. The molecular formula is C12H17F3N2OS. The molecule has 108 valence electrons. The van der Waals surface area contributed by atoms with Crippen LogP contribution in [0.3, 0.4) is 0 Å². The first-order chi connectivity index (χ1) is 8.96. The van der Waals surface area contributed by atoms with Gasteiger partial charge in [0.25, 0.3) is 0 Å². The maximum Gasteiger partial charge on any atom is 0.389 e. The van der Waals surface area contributed by atoms with Crippen LogP contribution < -0.4 is 0 Å². The molecule has 1 fully saturated rings. The lowest BCUT2D eigenvalue weighted by atomic mass is 9.86. The zero-order valence-electron chi connectivity index (χ0n) is 10.7. The highest BCUT2D eigenvalue weighted by Gasteiger charge is 2.30. The molecule has 0 radical (unpaired) electrons. The van der Waals surface area contributed by atoms with Crippen molar-refractivity contribution in [2.45, 2.75) is 43.5 Å². The van der Waals surface area contributed by atoms with Gasteiger partial charge in [0.05, 0.1) is 23.5 Å². The lowest BCUT2D eigenvalue weighted by Crippen LogP contribution is -2.23. The summed E-state index contributed by atoms with van der Waals surface area (Å²) >= 11 is 1.12. The minimum atomic E-state index is -4.14. The number of halogens is 3. The van der Waals surface area contributed by atoms with E-state index in [9.17, 15) is 13.2 Å². The number of thioether (sulfide) groups is 1. The molecule has 0 aromatic heterocycles. The second kappa shape index (κ2) is 7.63. The van der Waals surface area contributed by atoms with Crippen LogP contribution in [0.15, 0.2) is 5.16 Å². The van der Waals surface area contributed by atoms with E-state index in [2.05, 4.69) is 11.2 Å². The van der Waals surface area contributed by atoms with Crippen molar-refractivity contribution >= 4 is 17.5 Å². The summed E-state index contributed by atoms with van der Waals surface area (Å²) in [6, 6.07) is 2.13. The quantitative estimate of drug-likeness (QED) is 0.725. The Morgan fingerprint density at radius 2 is 2.11 bits per heavy atom. The van der Waals surface area contributed by atoms with E-state index in [1.165, 1.54) is 7.11 Å². The van der Waals surface area contributed by atoms with E-state index in [1.807, 2.05) is 0 Å². The average molecular weight is 294 g/mol. The van der Waals surface area contributed by atoms with Gasteiger partial charge in [0.2, 0.25) is 0 Å². The van der Waals surface area contributed by atoms with E-state index in [-0.39, 0.29) is 16.9 Å². The fourth-order valence-corrected chi connectivity index (χ4v) is 3.30. The minimum absolute atomic E-state index is 0.0444. The lowest BCUT2D eigenvalue weighted by molar-refractivity contribution is -0.129. The molecule has 0 N–H and O–H groups in total. The average Bonchev–Trinajstić information content (AvgIpc) is 2.35. The number of rotatable bonds is 5. The summed E-state index contributed by atoms with van der Waals surface area (Å²) in [5, 5.41) is 12.6. The second-order valence-corrected chi connectivity index (χ2v) is 5.71. The molecule has 1 aliphatic rings.